The van der Waals surface area contributed by atoms with Crippen LogP contribution >= 0.6 is 0 Å². The van der Waals surface area contributed by atoms with Gasteiger partial charge in [-0.3, -0.25) is 82.1 Å². The number of nitrogens with zero attached hydrogens (tertiary/aromatic N) is 5. The molecule has 632 valence electrons. The highest BCUT2D eigenvalue weighted by Gasteiger charge is 2.38. The van der Waals surface area contributed by atoms with Crippen LogP contribution < -0.4 is 59.3 Å². The Morgan fingerprint density at radius 3 is 1.45 bits per heavy atom. The average molecular weight is 1610 g/mol. The van der Waals surface area contributed by atoms with Crippen molar-refractivity contribution in [3.63, 3.8) is 0 Å². The molecule has 0 spiro atoms. The van der Waals surface area contributed by atoms with Gasteiger partial charge in [-0.25, -0.2) is 4.79 Å². The Kier molecular flexibility index (Phi) is 38.5. The number of aromatic nitrogens is 1. The van der Waals surface area contributed by atoms with Crippen LogP contribution in [0.5, 0.6) is 5.75 Å². The first-order valence-electron chi connectivity index (χ1n) is 38.3. The molecule has 2 fully saturated rings. The maximum atomic E-state index is 15.0. The van der Waals surface area contributed by atoms with Gasteiger partial charge in [0.2, 0.25) is 53.2 Å². The van der Waals surface area contributed by atoms with Crippen LogP contribution in [0.4, 0.5) is 0 Å². The molecule has 3 unspecified atom stereocenters. The number of aliphatic hydroxyl groups is 4. The number of benzene rings is 3. The SMILES string of the molecule is CC(C)C[C@H](NC(=O)[C@H](Cc1ccc(O)cc1)NC(=O)C(CCCN=C(N)N)NC(=O)C(CO)NC(=O)C(Cc1ccccc1)NC(=O)[C@H](CC1CCCCC1)NC(=O)[C@H](CC(=O)O)NC(=O)CN1CCN(CC(=O)O)CCN(CC(O)O)CCN(CC(=O)O)CC1)C(=O)N[C@@H](Cc1c[nH]c2ccccc12)C(=O)N[C@@H](CO)C(=O)O. The topological polar surface area (TPSA) is 605 Å². The Labute approximate surface area is 664 Å². The fourth-order valence-corrected chi connectivity index (χ4v) is 13.6. The highest BCUT2D eigenvalue weighted by Crippen LogP contribution is 2.28. The summed E-state index contributed by atoms with van der Waals surface area (Å²) in [5.74, 6) is -15.5. The lowest BCUT2D eigenvalue weighted by Crippen LogP contribution is -2.61. The smallest absolute Gasteiger partial charge is 0.328 e. The number of nitrogens with one attached hydrogen (secondary N) is 10. The van der Waals surface area contributed by atoms with Gasteiger partial charge in [0.25, 0.3) is 0 Å². The molecule has 39 nitrogen and oxygen atoms in total. The number of carboxylic acids is 4. The molecule has 9 atom stereocenters. The van der Waals surface area contributed by atoms with Crippen molar-refractivity contribution < 1.29 is 108 Å². The van der Waals surface area contributed by atoms with Crippen molar-refractivity contribution in [1.29, 1.82) is 0 Å². The van der Waals surface area contributed by atoms with Crippen LogP contribution in [0.15, 0.2) is 90.1 Å². The summed E-state index contributed by atoms with van der Waals surface area (Å²) >= 11 is 0. The quantitative estimate of drug-likeness (QED) is 0.00860. The van der Waals surface area contributed by atoms with Crippen LogP contribution in [0.1, 0.15) is 94.7 Å². The van der Waals surface area contributed by atoms with E-state index in [4.69, 9.17) is 11.5 Å². The Morgan fingerprint density at radius 2 is 0.930 bits per heavy atom. The average Bonchev–Trinajstić information content (AvgIpc) is 1.72. The van der Waals surface area contributed by atoms with Crippen LogP contribution in [0.2, 0.25) is 0 Å². The predicted octanol–water partition coefficient (Wildman–Crippen LogP) is -4.42. The van der Waals surface area contributed by atoms with E-state index in [0.717, 1.165) is 19.3 Å². The third kappa shape index (κ3) is 33.2. The number of carbonyl (C=O) groups is 13. The van der Waals surface area contributed by atoms with Gasteiger partial charge in [-0.1, -0.05) is 107 Å². The number of amides is 9. The molecular formula is C76H111N17O22. The number of aromatic hydroxyl groups is 1. The normalized spacial score (nSPS) is 16.7. The van der Waals surface area contributed by atoms with Gasteiger partial charge in [0, 0.05) is 102 Å². The number of aliphatic hydroxyl groups excluding tert-OH is 3. The van der Waals surface area contributed by atoms with Gasteiger partial charge in [-0.2, -0.15) is 0 Å². The van der Waals surface area contributed by atoms with E-state index in [1.807, 2.05) is 0 Å². The highest BCUT2D eigenvalue weighted by atomic mass is 16.5. The Bertz CT molecular complexity index is 3880. The minimum atomic E-state index is -1.89. The second-order valence-corrected chi connectivity index (χ2v) is 29.2. The van der Waals surface area contributed by atoms with Crippen molar-refractivity contribution >= 4 is 93.9 Å². The largest absolute Gasteiger partial charge is 0.508 e. The molecule has 2 aliphatic rings. The van der Waals surface area contributed by atoms with E-state index < -0.39 is 177 Å². The van der Waals surface area contributed by atoms with Crippen molar-refractivity contribution in [3.05, 3.63) is 102 Å². The molecule has 0 radical (unpaired) electrons. The zero-order chi connectivity index (χ0) is 84.3. The number of phenols is 1. The lowest BCUT2D eigenvalue weighted by atomic mass is 9.84. The zero-order valence-corrected chi connectivity index (χ0v) is 64.5. The van der Waals surface area contributed by atoms with Crippen molar-refractivity contribution in [2.24, 2.45) is 28.3 Å². The molecule has 9 amide bonds. The molecule has 23 N–H and O–H groups in total. The number of hydrogen-bond acceptors (Lipinski definition) is 23. The van der Waals surface area contributed by atoms with E-state index in [2.05, 4.69) is 57.8 Å². The molecule has 0 bridgehead atoms. The van der Waals surface area contributed by atoms with Gasteiger partial charge in [0.15, 0.2) is 12.2 Å². The number of rotatable bonds is 44. The van der Waals surface area contributed by atoms with Crippen LogP contribution in [0.3, 0.4) is 0 Å². The maximum Gasteiger partial charge on any atom is 0.328 e. The van der Waals surface area contributed by atoms with Crippen LogP contribution in [0, 0.1) is 11.8 Å². The van der Waals surface area contributed by atoms with Crippen LogP contribution in [-0.2, 0) is 81.6 Å². The first-order valence-corrected chi connectivity index (χ1v) is 38.3. The highest BCUT2D eigenvalue weighted by molar-refractivity contribution is 5.99. The Balaban J connectivity index is 1.24. The van der Waals surface area contributed by atoms with Gasteiger partial charge in [-0.15, -0.1) is 0 Å². The number of hydrogen-bond donors (Lipinski definition) is 21. The van der Waals surface area contributed by atoms with Crippen molar-refractivity contribution in [1.82, 2.24) is 72.4 Å². The summed E-state index contributed by atoms with van der Waals surface area (Å²) in [4.78, 5) is 193. The number of β-amino-alcohol motifs (C(OH)–C–C–N with tert-alkyl or cyclic N) is 2. The summed E-state index contributed by atoms with van der Waals surface area (Å²) in [7, 11) is 0. The van der Waals surface area contributed by atoms with Crippen LogP contribution in [0.25, 0.3) is 10.9 Å². The van der Waals surface area contributed by atoms with Gasteiger partial charge in [0.05, 0.1) is 39.3 Å². The number of para-hydroxylation sites is 1. The van der Waals surface area contributed by atoms with Crippen molar-refractivity contribution in [2.45, 2.75) is 158 Å². The molecule has 1 saturated carbocycles. The van der Waals surface area contributed by atoms with E-state index in [1.54, 1.807) is 94.2 Å². The van der Waals surface area contributed by atoms with Gasteiger partial charge >= 0.3 is 23.9 Å². The van der Waals surface area contributed by atoms with E-state index in [-0.39, 0.29) is 134 Å². The fourth-order valence-electron chi connectivity index (χ4n) is 13.6. The molecule has 1 aliphatic heterocycles. The number of carboxylic acid groups (broad SMARTS) is 4. The molecule has 4 aromatic rings. The number of H-pyrrole nitrogens is 1. The number of phenolic OH excluding ortho intramolecular Hbond substituents is 1. The van der Waals surface area contributed by atoms with Crippen molar-refractivity contribution in [2.75, 3.05) is 98.3 Å². The monoisotopic (exact) mass is 1610 g/mol. The summed E-state index contributed by atoms with van der Waals surface area (Å²) in [6.07, 6.45) is 1.34. The van der Waals surface area contributed by atoms with Gasteiger partial charge < -0.3 is 110 Å². The summed E-state index contributed by atoms with van der Waals surface area (Å²) < 4.78 is 0. The van der Waals surface area contributed by atoms with Gasteiger partial charge in [0.1, 0.15) is 60.1 Å². The molecule has 1 aromatic heterocycles. The van der Waals surface area contributed by atoms with Gasteiger partial charge in [-0.05, 0) is 72.4 Å². The lowest BCUT2D eigenvalue weighted by Gasteiger charge is -2.33. The summed E-state index contributed by atoms with van der Waals surface area (Å²) in [6.45, 7) is 0.357. The first-order chi connectivity index (χ1) is 54.7. The number of guanidine groups is 1. The number of aromatic amines is 1. The summed E-state index contributed by atoms with van der Waals surface area (Å²) in [5.41, 5.74) is 13.3. The number of fused-ring (bicyclic) bond motifs is 1. The summed E-state index contributed by atoms with van der Waals surface area (Å²) in [5, 5.41) is 114. The zero-order valence-electron chi connectivity index (χ0n) is 64.5. The standard InChI is InChI=1S/C76H111N17O22/c1-45(2)32-54(68(107)87-58(72(111)89-61(44-95)75(114)115)36-49-38-80-52-17-10-9-16-51(49)52)83-69(108)57(35-48-19-21-50(96)22-20-48)84-67(106)53(18-11-23-79-76(77)78)82-74(113)60(43-94)88-71(110)56(34-47-14-7-4-8-15-47)85-70(109)55(33-46-12-5-3-6-13-46)86-73(112)59(37-63(98)99)81-62(97)39-90-24-26-91(40-64(100)101)28-30-93(42-66(104)105)31-29-92(27-25-90)41-65(102)103/h4,7-10,14-17,19-22,38,45-46,53-61,66,80,94-96,104-105H,3,5-6,11-13,18,23-37,39-44H2,1-2H3,(H,81,97)(H,82,113)(H,83,108)(H,84,106)(H,85,109)(H,86,112)(H,87,107)(H,88,110)(H,89,111)(H,98,99)(H,100,101)(H,102,103)(H,114,115)(H4,77,78,79)/t53?,54-,55-,56?,57-,58-,59-,60?,61-/m0/s1. The molecule has 6 rings (SSSR count). The predicted molar refractivity (Wildman–Crippen MR) is 415 cm³/mol. The molecule has 39 heteroatoms. The van der Waals surface area contributed by atoms with E-state index in [1.165, 1.54) is 24.3 Å². The van der Waals surface area contributed by atoms with Crippen molar-refractivity contribution in [3.8, 4) is 5.75 Å². The molecule has 115 heavy (non-hydrogen) atoms. The van der Waals surface area contributed by atoms with E-state index >= 15 is 0 Å². The number of nitrogens with two attached hydrogens (primary N) is 2. The molecule has 1 aliphatic carbocycles. The number of aliphatic carboxylic acids is 4. The fraction of sp³-hybridized carbons (Fsp3) is 0.553. The Hall–Kier alpha value is -10.9. The van der Waals surface area contributed by atoms with Crippen LogP contribution in [-0.4, -0.2) is 313 Å². The third-order valence-electron chi connectivity index (χ3n) is 19.6. The van der Waals surface area contributed by atoms with E-state index in [9.17, 15) is 108 Å². The Morgan fingerprint density at radius 1 is 0.487 bits per heavy atom. The first kappa shape index (κ1) is 92.9. The second-order valence-electron chi connectivity index (χ2n) is 29.2. The molecule has 2 heterocycles. The van der Waals surface area contributed by atoms with E-state index in [0.29, 0.717) is 40.4 Å². The number of carbonyl (C=O) groups excluding carboxylic acids is 9. The molecular weight excluding hydrogens is 1500 g/mol. The minimum Gasteiger partial charge on any atom is -0.508 e. The maximum absolute atomic E-state index is 15.0. The molecule has 1 saturated heterocycles. The second kappa shape index (κ2) is 47.7. The summed E-state index contributed by atoms with van der Waals surface area (Å²) in [6, 6.07) is 6.05. The number of aliphatic imine (C=N–C) groups is 1. The minimum absolute atomic E-state index is 0.0150. The lowest BCUT2D eigenvalue weighted by molar-refractivity contribution is -0.143. The molecule has 3 aromatic carbocycles. The third-order valence-corrected chi connectivity index (χ3v) is 19.6.